The van der Waals surface area contributed by atoms with Crippen LogP contribution in [0.2, 0.25) is 0 Å². The first-order valence-corrected chi connectivity index (χ1v) is 8.33. The van der Waals surface area contributed by atoms with Crippen LogP contribution >= 0.6 is 11.3 Å². The van der Waals surface area contributed by atoms with Gasteiger partial charge in [0.15, 0.2) is 0 Å². The van der Waals surface area contributed by atoms with Crippen LogP contribution in [0.5, 0.6) is 0 Å². The van der Waals surface area contributed by atoms with Gasteiger partial charge in [0.05, 0.1) is 12.2 Å². The lowest BCUT2D eigenvalue weighted by molar-refractivity contribution is 0.240. The van der Waals surface area contributed by atoms with Crippen molar-refractivity contribution in [3.63, 3.8) is 0 Å². The molecule has 0 bridgehead atoms. The van der Waals surface area contributed by atoms with Gasteiger partial charge in [-0.15, -0.1) is 11.3 Å². The molecular formula is C17H16FN3O2S. The summed E-state index contributed by atoms with van der Waals surface area (Å²) in [5.41, 5.74) is 1.44. The number of nitrogens with one attached hydrogen (secondary N) is 2. The molecule has 0 aliphatic carbocycles. The molecular weight excluding hydrogens is 329 g/mol. The molecule has 0 fully saturated rings. The zero-order chi connectivity index (χ0) is 16.8. The Bertz CT molecular complexity index is 785. The van der Waals surface area contributed by atoms with E-state index in [1.165, 1.54) is 12.1 Å². The van der Waals surface area contributed by atoms with Crippen molar-refractivity contribution in [2.45, 2.75) is 13.0 Å². The lowest BCUT2D eigenvalue weighted by Gasteiger charge is -2.05. The summed E-state index contributed by atoms with van der Waals surface area (Å²) in [6, 6.07) is 9.64. The molecule has 0 saturated heterocycles. The molecule has 0 atom stereocenters. The van der Waals surface area contributed by atoms with Crippen LogP contribution in [0.15, 0.2) is 52.5 Å². The smallest absolute Gasteiger partial charge is 0.315 e. The quantitative estimate of drug-likeness (QED) is 0.717. The van der Waals surface area contributed by atoms with Gasteiger partial charge in [0, 0.05) is 23.4 Å². The number of benzene rings is 1. The molecule has 3 rings (SSSR count). The molecule has 0 aliphatic rings. The second kappa shape index (κ2) is 7.74. The molecule has 7 heteroatoms. The van der Waals surface area contributed by atoms with Gasteiger partial charge in [-0.3, -0.25) is 0 Å². The van der Waals surface area contributed by atoms with E-state index in [-0.39, 0.29) is 11.8 Å². The van der Waals surface area contributed by atoms with Gasteiger partial charge < -0.3 is 15.1 Å². The number of urea groups is 1. The molecule has 5 nitrogen and oxygen atoms in total. The van der Waals surface area contributed by atoms with Crippen LogP contribution in [0, 0.1) is 5.82 Å². The Hall–Kier alpha value is -2.67. The highest BCUT2D eigenvalue weighted by Crippen LogP contribution is 2.18. The van der Waals surface area contributed by atoms with Crippen molar-refractivity contribution < 1.29 is 13.6 Å². The SMILES string of the molecule is O=C(NCCc1coc(-c2ccc(F)cc2)n1)NCc1cccs1. The molecule has 2 N–H and O–H groups in total. The van der Waals surface area contributed by atoms with Gasteiger partial charge >= 0.3 is 6.03 Å². The lowest BCUT2D eigenvalue weighted by atomic mass is 10.2. The fourth-order valence-electron chi connectivity index (χ4n) is 2.09. The largest absolute Gasteiger partial charge is 0.444 e. The average Bonchev–Trinajstić information content (AvgIpc) is 3.25. The van der Waals surface area contributed by atoms with Crippen LogP contribution < -0.4 is 10.6 Å². The third kappa shape index (κ3) is 4.42. The van der Waals surface area contributed by atoms with E-state index in [2.05, 4.69) is 15.6 Å². The number of hydrogen-bond acceptors (Lipinski definition) is 4. The normalized spacial score (nSPS) is 10.5. The first-order valence-electron chi connectivity index (χ1n) is 7.45. The number of thiophene rings is 1. The molecule has 124 valence electrons. The van der Waals surface area contributed by atoms with E-state index in [1.54, 1.807) is 29.7 Å². The minimum Gasteiger partial charge on any atom is -0.444 e. The van der Waals surface area contributed by atoms with Crippen molar-refractivity contribution in [2.75, 3.05) is 6.54 Å². The van der Waals surface area contributed by atoms with E-state index in [0.717, 1.165) is 10.6 Å². The minimum atomic E-state index is -0.303. The highest BCUT2D eigenvalue weighted by atomic mass is 32.1. The standard InChI is InChI=1S/C17H16FN3O2S/c18-13-5-3-12(4-6-13)16-21-14(11-23-16)7-8-19-17(22)20-10-15-2-1-9-24-15/h1-6,9,11H,7-8,10H2,(H2,19,20,22). The zero-order valence-corrected chi connectivity index (χ0v) is 13.6. The van der Waals surface area contributed by atoms with Crippen LogP contribution in [0.4, 0.5) is 9.18 Å². The van der Waals surface area contributed by atoms with E-state index in [9.17, 15) is 9.18 Å². The fourth-order valence-corrected chi connectivity index (χ4v) is 2.74. The van der Waals surface area contributed by atoms with Crippen molar-refractivity contribution in [3.05, 3.63) is 64.4 Å². The Morgan fingerprint density at radius 1 is 1.21 bits per heavy atom. The molecule has 24 heavy (non-hydrogen) atoms. The molecule has 0 saturated carbocycles. The Balaban J connectivity index is 1.43. The van der Waals surface area contributed by atoms with Crippen LogP contribution in [0.25, 0.3) is 11.5 Å². The number of oxazole rings is 1. The number of aromatic nitrogens is 1. The third-order valence-corrected chi connectivity index (χ3v) is 4.19. The second-order valence-electron chi connectivity index (χ2n) is 5.09. The summed E-state index contributed by atoms with van der Waals surface area (Å²) in [4.78, 5) is 17.1. The van der Waals surface area contributed by atoms with Crippen molar-refractivity contribution >= 4 is 17.4 Å². The predicted octanol–water partition coefficient (Wildman–Crippen LogP) is 3.58. The summed E-state index contributed by atoms with van der Waals surface area (Å²) in [6.45, 7) is 0.966. The molecule has 2 aromatic heterocycles. The highest BCUT2D eigenvalue weighted by Gasteiger charge is 2.07. The van der Waals surface area contributed by atoms with Crippen LogP contribution in [0.3, 0.4) is 0 Å². The maximum absolute atomic E-state index is 12.9. The number of hydrogen-bond donors (Lipinski definition) is 2. The number of carbonyl (C=O) groups excluding carboxylic acids is 1. The van der Waals surface area contributed by atoms with Crippen LogP contribution in [0.1, 0.15) is 10.6 Å². The van der Waals surface area contributed by atoms with E-state index >= 15 is 0 Å². The number of rotatable bonds is 6. The van der Waals surface area contributed by atoms with Gasteiger partial charge in [-0.1, -0.05) is 6.07 Å². The van der Waals surface area contributed by atoms with Crippen molar-refractivity contribution in [2.24, 2.45) is 0 Å². The summed E-state index contributed by atoms with van der Waals surface area (Å²) in [5, 5.41) is 7.53. The monoisotopic (exact) mass is 345 g/mol. The van der Waals surface area contributed by atoms with Gasteiger partial charge in [-0.05, 0) is 35.7 Å². The topological polar surface area (TPSA) is 67.2 Å². The number of carbonyl (C=O) groups is 1. The Kier molecular flexibility index (Phi) is 5.22. The van der Waals surface area contributed by atoms with Gasteiger partial charge in [0.1, 0.15) is 12.1 Å². The first-order chi connectivity index (χ1) is 11.7. The van der Waals surface area contributed by atoms with Crippen molar-refractivity contribution in [1.82, 2.24) is 15.6 Å². The zero-order valence-electron chi connectivity index (χ0n) is 12.8. The molecule has 0 aliphatic heterocycles. The van der Waals surface area contributed by atoms with Crippen molar-refractivity contribution in [3.8, 4) is 11.5 Å². The van der Waals surface area contributed by atoms with E-state index < -0.39 is 0 Å². The maximum Gasteiger partial charge on any atom is 0.315 e. The van der Waals surface area contributed by atoms with Crippen LogP contribution in [-0.2, 0) is 13.0 Å². The summed E-state index contributed by atoms with van der Waals surface area (Å²) in [6.07, 6.45) is 2.10. The maximum atomic E-state index is 12.9. The molecule has 2 amide bonds. The molecule has 0 radical (unpaired) electrons. The van der Waals surface area contributed by atoms with Crippen molar-refractivity contribution in [1.29, 1.82) is 0 Å². The molecule has 0 unspecified atom stereocenters. The summed E-state index contributed by atoms with van der Waals surface area (Å²) >= 11 is 1.60. The number of halogens is 1. The molecule has 2 heterocycles. The summed E-state index contributed by atoms with van der Waals surface area (Å²) in [5.74, 6) is 0.135. The van der Waals surface area contributed by atoms with E-state index in [4.69, 9.17) is 4.42 Å². The minimum absolute atomic E-state index is 0.217. The third-order valence-electron chi connectivity index (χ3n) is 3.31. The summed E-state index contributed by atoms with van der Waals surface area (Å²) in [7, 11) is 0. The molecule has 0 spiro atoms. The van der Waals surface area contributed by atoms with E-state index in [1.807, 2.05) is 17.5 Å². The van der Waals surface area contributed by atoms with Gasteiger partial charge in [-0.2, -0.15) is 0 Å². The molecule has 1 aromatic carbocycles. The van der Waals surface area contributed by atoms with Gasteiger partial charge in [0.25, 0.3) is 0 Å². The Morgan fingerprint density at radius 2 is 2.04 bits per heavy atom. The highest BCUT2D eigenvalue weighted by molar-refractivity contribution is 7.09. The number of amides is 2. The average molecular weight is 345 g/mol. The Morgan fingerprint density at radius 3 is 2.79 bits per heavy atom. The van der Waals surface area contributed by atoms with Crippen LogP contribution in [-0.4, -0.2) is 17.6 Å². The first kappa shape index (κ1) is 16.2. The molecule has 3 aromatic rings. The lowest BCUT2D eigenvalue weighted by Crippen LogP contribution is -2.36. The van der Waals surface area contributed by atoms with E-state index in [0.29, 0.717) is 31.0 Å². The van der Waals surface area contributed by atoms with Gasteiger partial charge in [0.2, 0.25) is 5.89 Å². The predicted molar refractivity (Wildman–Crippen MR) is 90.2 cm³/mol. The number of nitrogens with zero attached hydrogens (tertiary/aromatic N) is 1. The second-order valence-corrected chi connectivity index (χ2v) is 6.12. The summed E-state index contributed by atoms with van der Waals surface area (Å²) < 4.78 is 18.3. The fraction of sp³-hybridized carbons (Fsp3) is 0.176. The Labute approximate surface area is 142 Å². The van der Waals surface area contributed by atoms with Gasteiger partial charge in [-0.25, -0.2) is 14.2 Å².